The first-order valence-corrected chi connectivity index (χ1v) is 8.46. The van der Waals surface area contributed by atoms with Crippen LogP contribution in [0.4, 0.5) is 10.5 Å². The summed E-state index contributed by atoms with van der Waals surface area (Å²) in [5.74, 6) is 0.626. The van der Waals surface area contributed by atoms with Gasteiger partial charge in [0.25, 0.3) is 5.91 Å². The summed E-state index contributed by atoms with van der Waals surface area (Å²) in [6, 6.07) is 8.92. The number of carbonyl (C=O) groups excluding carboxylic acids is 2. The van der Waals surface area contributed by atoms with Gasteiger partial charge in [-0.2, -0.15) is 0 Å². The van der Waals surface area contributed by atoms with E-state index in [4.69, 9.17) is 4.42 Å². The molecular weight excluding hydrogens is 318 g/mol. The third-order valence-corrected chi connectivity index (χ3v) is 4.50. The maximum absolute atomic E-state index is 12.9. The molecule has 25 heavy (non-hydrogen) atoms. The fourth-order valence-corrected chi connectivity index (χ4v) is 2.95. The molecule has 1 saturated carbocycles. The van der Waals surface area contributed by atoms with Crippen LogP contribution in [0.25, 0.3) is 0 Å². The number of rotatable bonds is 5. The quantitative estimate of drug-likeness (QED) is 0.870. The molecule has 0 aliphatic heterocycles. The average molecular weight is 341 g/mol. The van der Waals surface area contributed by atoms with Gasteiger partial charge in [-0.15, -0.1) is 0 Å². The lowest BCUT2D eigenvalue weighted by atomic mass is 10.1. The predicted molar refractivity (Wildman–Crippen MR) is 95.6 cm³/mol. The van der Waals surface area contributed by atoms with Crippen molar-refractivity contribution in [3.05, 3.63) is 53.5 Å². The number of nitrogens with one attached hydrogen (secondary N) is 2. The van der Waals surface area contributed by atoms with Crippen molar-refractivity contribution in [1.82, 2.24) is 10.2 Å². The van der Waals surface area contributed by atoms with Gasteiger partial charge in [-0.1, -0.05) is 0 Å². The van der Waals surface area contributed by atoms with Gasteiger partial charge in [-0.05, 0) is 62.6 Å². The molecule has 0 radical (unpaired) electrons. The Morgan fingerprint density at radius 3 is 2.60 bits per heavy atom. The highest BCUT2D eigenvalue weighted by molar-refractivity contribution is 5.96. The molecule has 1 fully saturated rings. The molecule has 2 aromatic rings. The van der Waals surface area contributed by atoms with E-state index in [1.807, 2.05) is 30.9 Å². The number of urea groups is 1. The summed E-state index contributed by atoms with van der Waals surface area (Å²) in [6.07, 6.45) is 3.64. The molecule has 1 unspecified atom stereocenters. The van der Waals surface area contributed by atoms with Crippen LogP contribution < -0.4 is 10.6 Å². The van der Waals surface area contributed by atoms with E-state index in [9.17, 15) is 9.59 Å². The van der Waals surface area contributed by atoms with Crippen LogP contribution in [0.5, 0.6) is 0 Å². The van der Waals surface area contributed by atoms with Crippen LogP contribution in [0.1, 0.15) is 47.5 Å². The van der Waals surface area contributed by atoms with Crippen molar-refractivity contribution in [3.63, 3.8) is 0 Å². The minimum Gasteiger partial charge on any atom is -0.467 e. The van der Waals surface area contributed by atoms with Gasteiger partial charge < -0.3 is 20.0 Å². The van der Waals surface area contributed by atoms with Gasteiger partial charge >= 0.3 is 6.03 Å². The van der Waals surface area contributed by atoms with E-state index in [1.54, 1.807) is 31.5 Å². The highest BCUT2D eigenvalue weighted by Crippen LogP contribution is 2.35. The number of carbonyl (C=O) groups is 2. The van der Waals surface area contributed by atoms with E-state index in [-0.39, 0.29) is 24.0 Å². The normalized spacial score (nSPS) is 14.7. The minimum atomic E-state index is -0.151. The standard InChI is InChI=1S/C19H23N3O3/c1-12-11-14(18(23)20-3)6-9-16(12)21-19(24)22(15-7-8-15)13(2)17-5-4-10-25-17/h4-6,9-11,13,15H,7-8H2,1-3H3,(H,20,23)(H,21,24). The van der Waals surface area contributed by atoms with Crippen molar-refractivity contribution in [3.8, 4) is 0 Å². The fraction of sp³-hybridized carbons (Fsp3) is 0.368. The van der Waals surface area contributed by atoms with Crippen LogP contribution in [0.15, 0.2) is 41.0 Å². The van der Waals surface area contributed by atoms with Gasteiger partial charge in [0.2, 0.25) is 0 Å². The Morgan fingerprint density at radius 2 is 2.04 bits per heavy atom. The van der Waals surface area contributed by atoms with Crippen LogP contribution in [-0.4, -0.2) is 29.9 Å². The minimum absolute atomic E-state index is 0.132. The molecular formula is C19H23N3O3. The molecule has 6 heteroatoms. The lowest BCUT2D eigenvalue weighted by molar-refractivity contribution is 0.0963. The Bertz CT molecular complexity index is 766. The Morgan fingerprint density at radius 1 is 1.28 bits per heavy atom. The summed E-state index contributed by atoms with van der Waals surface area (Å²) in [4.78, 5) is 26.4. The summed E-state index contributed by atoms with van der Waals surface area (Å²) >= 11 is 0. The lowest BCUT2D eigenvalue weighted by Crippen LogP contribution is -2.38. The molecule has 132 valence electrons. The zero-order valence-corrected chi connectivity index (χ0v) is 14.7. The van der Waals surface area contributed by atoms with E-state index >= 15 is 0 Å². The third-order valence-electron chi connectivity index (χ3n) is 4.50. The summed E-state index contributed by atoms with van der Waals surface area (Å²) in [5, 5.41) is 5.57. The predicted octanol–water partition coefficient (Wildman–Crippen LogP) is 3.71. The monoisotopic (exact) mass is 341 g/mol. The molecule has 1 atom stereocenters. The first-order chi connectivity index (χ1) is 12.0. The molecule has 1 aliphatic carbocycles. The molecule has 1 heterocycles. The number of hydrogen-bond acceptors (Lipinski definition) is 3. The highest BCUT2D eigenvalue weighted by Gasteiger charge is 2.37. The molecule has 1 aromatic heterocycles. The first-order valence-electron chi connectivity index (χ1n) is 8.46. The molecule has 3 amide bonds. The van der Waals surface area contributed by atoms with E-state index in [1.165, 1.54) is 0 Å². The second kappa shape index (κ2) is 7.01. The Labute approximate surface area is 147 Å². The topological polar surface area (TPSA) is 74.6 Å². The van der Waals surface area contributed by atoms with Gasteiger partial charge in [-0.3, -0.25) is 4.79 Å². The van der Waals surface area contributed by atoms with Crippen molar-refractivity contribution in [2.45, 2.75) is 38.8 Å². The molecule has 6 nitrogen and oxygen atoms in total. The fourth-order valence-electron chi connectivity index (χ4n) is 2.95. The smallest absolute Gasteiger partial charge is 0.322 e. The number of aryl methyl sites for hydroxylation is 1. The van der Waals surface area contributed by atoms with Gasteiger partial charge in [0.05, 0.1) is 12.3 Å². The Balaban J connectivity index is 1.77. The number of benzene rings is 1. The number of nitrogens with zero attached hydrogens (tertiary/aromatic N) is 1. The summed E-state index contributed by atoms with van der Waals surface area (Å²) in [5.41, 5.74) is 2.12. The molecule has 0 spiro atoms. The Kier molecular flexibility index (Phi) is 4.79. The van der Waals surface area contributed by atoms with E-state index in [2.05, 4.69) is 10.6 Å². The highest BCUT2D eigenvalue weighted by atomic mass is 16.3. The zero-order chi connectivity index (χ0) is 18.0. The van der Waals surface area contributed by atoms with Crippen molar-refractivity contribution in [1.29, 1.82) is 0 Å². The van der Waals surface area contributed by atoms with E-state index in [0.717, 1.165) is 24.2 Å². The van der Waals surface area contributed by atoms with Crippen molar-refractivity contribution in [2.75, 3.05) is 12.4 Å². The molecule has 2 N–H and O–H groups in total. The van der Waals surface area contributed by atoms with E-state index in [0.29, 0.717) is 11.3 Å². The maximum atomic E-state index is 12.9. The van der Waals surface area contributed by atoms with Crippen molar-refractivity contribution >= 4 is 17.6 Å². The van der Waals surface area contributed by atoms with Crippen LogP contribution >= 0.6 is 0 Å². The molecule has 0 bridgehead atoms. The summed E-state index contributed by atoms with van der Waals surface area (Å²) in [7, 11) is 1.59. The molecule has 3 rings (SSSR count). The first kappa shape index (κ1) is 17.1. The molecule has 0 saturated heterocycles. The van der Waals surface area contributed by atoms with Crippen LogP contribution in [0.2, 0.25) is 0 Å². The maximum Gasteiger partial charge on any atom is 0.322 e. The van der Waals surface area contributed by atoms with Crippen molar-refractivity contribution in [2.24, 2.45) is 0 Å². The molecule has 1 aromatic carbocycles. The number of furan rings is 1. The largest absolute Gasteiger partial charge is 0.467 e. The lowest BCUT2D eigenvalue weighted by Gasteiger charge is -2.28. The zero-order valence-electron chi connectivity index (χ0n) is 14.7. The third kappa shape index (κ3) is 3.68. The van der Waals surface area contributed by atoms with Gasteiger partial charge in [-0.25, -0.2) is 4.79 Å². The second-order valence-corrected chi connectivity index (χ2v) is 6.37. The number of hydrogen-bond donors (Lipinski definition) is 2. The van der Waals surface area contributed by atoms with Gasteiger partial charge in [0.15, 0.2) is 0 Å². The van der Waals surface area contributed by atoms with Gasteiger partial charge in [0, 0.05) is 24.3 Å². The molecule has 1 aliphatic rings. The van der Waals surface area contributed by atoms with Crippen LogP contribution in [0, 0.1) is 6.92 Å². The van der Waals surface area contributed by atoms with Crippen molar-refractivity contribution < 1.29 is 14.0 Å². The second-order valence-electron chi connectivity index (χ2n) is 6.37. The average Bonchev–Trinajstić information content (AvgIpc) is 3.27. The SMILES string of the molecule is CNC(=O)c1ccc(NC(=O)N(C2CC2)C(C)c2ccco2)c(C)c1. The van der Waals surface area contributed by atoms with E-state index < -0.39 is 0 Å². The van der Waals surface area contributed by atoms with Gasteiger partial charge in [0.1, 0.15) is 5.76 Å². The summed E-state index contributed by atoms with van der Waals surface area (Å²) < 4.78 is 5.47. The van der Waals surface area contributed by atoms with Crippen LogP contribution in [-0.2, 0) is 0 Å². The number of amides is 3. The summed E-state index contributed by atoms with van der Waals surface area (Å²) in [6.45, 7) is 3.84. The van der Waals surface area contributed by atoms with Crippen LogP contribution in [0.3, 0.4) is 0 Å². The number of anilines is 1. The Hall–Kier alpha value is -2.76.